The largest absolute Gasteiger partial charge is 0.339 e. The zero-order valence-electron chi connectivity index (χ0n) is 13.3. The molecule has 0 bridgehead atoms. The quantitative estimate of drug-likeness (QED) is 0.744. The molecule has 2 saturated heterocycles. The molecule has 122 valence electrons. The molecule has 1 amide bonds. The van der Waals surface area contributed by atoms with Crippen molar-refractivity contribution in [1.82, 2.24) is 14.1 Å². The third-order valence-electron chi connectivity index (χ3n) is 4.22. The highest BCUT2D eigenvalue weighted by Gasteiger charge is 2.39. The van der Waals surface area contributed by atoms with Crippen LogP contribution in [0, 0.1) is 5.92 Å². The highest BCUT2D eigenvalue weighted by Crippen LogP contribution is 2.22. The number of nitrogens with zero attached hydrogens (tertiary/aromatic N) is 3. The van der Waals surface area contributed by atoms with Crippen molar-refractivity contribution in [2.24, 2.45) is 5.92 Å². The van der Waals surface area contributed by atoms with Gasteiger partial charge in [0.05, 0.1) is 6.26 Å². The van der Waals surface area contributed by atoms with Crippen LogP contribution in [0.4, 0.5) is 0 Å². The number of carbonyl (C=O) groups excluding carboxylic acids is 1. The molecule has 2 heterocycles. The minimum atomic E-state index is -3.29. The second-order valence-electron chi connectivity index (χ2n) is 6.55. The minimum absolute atomic E-state index is 0.0119. The van der Waals surface area contributed by atoms with Crippen LogP contribution in [-0.4, -0.2) is 80.0 Å². The summed E-state index contributed by atoms with van der Waals surface area (Å²) in [6.45, 7) is 9.11. The van der Waals surface area contributed by atoms with Crippen molar-refractivity contribution in [2.45, 2.75) is 32.7 Å². The number of carbonyl (C=O) groups is 1. The van der Waals surface area contributed by atoms with Gasteiger partial charge < -0.3 is 4.90 Å². The molecule has 7 heteroatoms. The highest BCUT2D eigenvalue weighted by atomic mass is 32.2. The summed E-state index contributed by atoms with van der Waals surface area (Å²) < 4.78 is 24.9. The van der Waals surface area contributed by atoms with E-state index in [9.17, 15) is 13.2 Å². The molecule has 0 aromatic rings. The molecule has 2 fully saturated rings. The van der Waals surface area contributed by atoms with E-state index in [-0.39, 0.29) is 5.91 Å². The number of hydrogen-bond acceptors (Lipinski definition) is 4. The topological polar surface area (TPSA) is 60.9 Å². The summed E-state index contributed by atoms with van der Waals surface area (Å²) in [5, 5.41) is 0. The van der Waals surface area contributed by atoms with Crippen molar-refractivity contribution in [3.63, 3.8) is 0 Å². The van der Waals surface area contributed by atoms with Gasteiger partial charge in [0.15, 0.2) is 0 Å². The predicted molar refractivity (Wildman–Crippen MR) is 82.4 cm³/mol. The third-order valence-corrected chi connectivity index (χ3v) is 5.51. The van der Waals surface area contributed by atoms with Crippen LogP contribution in [0.1, 0.15) is 26.7 Å². The monoisotopic (exact) mass is 317 g/mol. The van der Waals surface area contributed by atoms with Crippen LogP contribution in [0.2, 0.25) is 0 Å². The van der Waals surface area contributed by atoms with Gasteiger partial charge in [-0.1, -0.05) is 13.8 Å². The second kappa shape index (κ2) is 6.62. The lowest BCUT2D eigenvalue weighted by Gasteiger charge is -2.37. The maximum absolute atomic E-state index is 12.6. The fraction of sp³-hybridized carbons (Fsp3) is 0.929. The van der Waals surface area contributed by atoms with Gasteiger partial charge >= 0.3 is 0 Å². The summed E-state index contributed by atoms with van der Waals surface area (Å²) in [6, 6.07) is -0.475. The Hall–Kier alpha value is -0.660. The average molecular weight is 317 g/mol. The molecule has 0 aliphatic carbocycles. The van der Waals surface area contributed by atoms with Gasteiger partial charge in [0, 0.05) is 39.3 Å². The molecule has 2 aliphatic heterocycles. The normalized spacial score (nSPS) is 25.7. The van der Waals surface area contributed by atoms with E-state index in [0.717, 1.165) is 26.1 Å². The van der Waals surface area contributed by atoms with Gasteiger partial charge in [-0.25, -0.2) is 8.42 Å². The number of hydrogen-bond donors (Lipinski definition) is 0. The van der Waals surface area contributed by atoms with Crippen LogP contribution in [0.3, 0.4) is 0 Å². The Kier molecular flexibility index (Phi) is 5.27. The summed E-state index contributed by atoms with van der Waals surface area (Å²) in [7, 11) is -3.29. The average Bonchev–Trinajstić information content (AvgIpc) is 2.87. The molecule has 21 heavy (non-hydrogen) atoms. The summed E-state index contributed by atoms with van der Waals surface area (Å²) in [6.07, 6.45) is 2.62. The van der Waals surface area contributed by atoms with Crippen LogP contribution in [-0.2, 0) is 14.8 Å². The summed E-state index contributed by atoms with van der Waals surface area (Å²) >= 11 is 0. The molecule has 0 radical (unpaired) electrons. The molecule has 0 spiro atoms. The minimum Gasteiger partial charge on any atom is -0.339 e. The fourth-order valence-corrected chi connectivity index (χ4v) is 4.38. The molecule has 0 saturated carbocycles. The second-order valence-corrected chi connectivity index (χ2v) is 8.49. The molecule has 2 aliphatic rings. The first-order valence-electron chi connectivity index (χ1n) is 7.77. The highest BCUT2D eigenvalue weighted by molar-refractivity contribution is 7.88. The van der Waals surface area contributed by atoms with E-state index in [0.29, 0.717) is 32.0 Å². The Bertz CT molecular complexity index is 470. The predicted octanol–water partition coefficient (Wildman–Crippen LogP) is 0.211. The first-order valence-corrected chi connectivity index (χ1v) is 9.62. The Balaban J connectivity index is 1.93. The Morgan fingerprint density at radius 2 is 1.76 bits per heavy atom. The SMILES string of the molecule is CC(C)CN1CCN(C(=O)C2CCCN2S(C)(=O)=O)CC1. The summed E-state index contributed by atoms with van der Waals surface area (Å²) in [5.41, 5.74) is 0. The van der Waals surface area contributed by atoms with Crippen LogP contribution in [0.15, 0.2) is 0 Å². The van der Waals surface area contributed by atoms with Gasteiger partial charge in [-0.3, -0.25) is 9.69 Å². The van der Waals surface area contributed by atoms with Crippen molar-refractivity contribution < 1.29 is 13.2 Å². The van der Waals surface area contributed by atoms with Gasteiger partial charge in [0.2, 0.25) is 15.9 Å². The van der Waals surface area contributed by atoms with Crippen LogP contribution in [0.25, 0.3) is 0 Å². The standard InChI is InChI=1S/C14H27N3O3S/c1-12(2)11-15-7-9-16(10-8-15)14(18)13-5-4-6-17(13)21(3,19)20/h12-13H,4-11H2,1-3H3. The van der Waals surface area contributed by atoms with Gasteiger partial charge in [0.25, 0.3) is 0 Å². The lowest BCUT2D eigenvalue weighted by atomic mass is 10.1. The van der Waals surface area contributed by atoms with Gasteiger partial charge in [-0.05, 0) is 18.8 Å². The molecule has 1 unspecified atom stereocenters. The first kappa shape index (κ1) is 16.7. The van der Waals surface area contributed by atoms with E-state index >= 15 is 0 Å². The van der Waals surface area contributed by atoms with Gasteiger partial charge in [-0.15, -0.1) is 0 Å². The van der Waals surface area contributed by atoms with E-state index in [1.807, 2.05) is 4.90 Å². The van der Waals surface area contributed by atoms with Crippen molar-refractivity contribution >= 4 is 15.9 Å². The molecule has 0 N–H and O–H groups in total. The third kappa shape index (κ3) is 4.17. The van der Waals surface area contributed by atoms with Crippen LogP contribution < -0.4 is 0 Å². The maximum Gasteiger partial charge on any atom is 0.241 e. The van der Waals surface area contributed by atoms with E-state index < -0.39 is 16.1 Å². The Labute approximate surface area is 128 Å². The molecular formula is C14H27N3O3S. The summed E-state index contributed by atoms with van der Waals surface area (Å²) in [4.78, 5) is 16.8. The lowest BCUT2D eigenvalue weighted by molar-refractivity contribution is -0.136. The van der Waals surface area contributed by atoms with Crippen molar-refractivity contribution in [3.05, 3.63) is 0 Å². The van der Waals surface area contributed by atoms with Crippen LogP contribution in [0.5, 0.6) is 0 Å². The zero-order valence-corrected chi connectivity index (χ0v) is 14.1. The van der Waals surface area contributed by atoms with Crippen molar-refractivity contribution in [2.75, 3.05) is 45.5 Å². The van der Waals surface area contributed by atoms with E-state index in [4.69, 9.17) is 0 Å². The first-order chi connectivity index (χ1) is 9.79. The van der Waals surface area contributed by atoms with E-state index in [1.54, 1.807) is 0 Å². The van der Waals surface area contributed by atoms with Crippen molar-refractivity contribution in [3.8, 4) is 0 Å². The van der Waals surface area contributed by atoms with Crippen LogP contribution >= 0.6 is 0 Å². The summed E-state index contributed by atoms with van der Waals surface area (Å²) in [5.74, 6) is 0.616. The molecule has 2 rings (SSSR count). The van der Waals surface area contributed by atoms with E-state index in [2.05, 4.69) is 18.7 Å². The fourth-order valence-electron chi connectivity index (χ4n) is 3.26. The molecule has 0 aromatic carbocycles. The number of piperazine rings is 1. The number of amides is 1. The Morgan fingerprint density at radius 3 is 2.29 bits per heavy atom. The van der Waals surface area contributed by atoms with Gasteiger partial charge in [0.1, 0.15) is 6.04 Å². The molecule has 6 nitrogen and oxygen atoms in total. The Morgan fingerprint density at radius 1 is 1.14 bits per heavy atom. The molecular weight excluding hydrogens is 290 g/mol. The van der Waals surface area contributed by atoms with Gasteiger partial charge in [-0.2, -0.15) is 4.31 Å². The maximum atomic E-state index is 12.6. The number of rotatable bonds is 4. The molecule has 0 aromatic heterocycles. The lowest BCUT2D eigenvalue weighted by Crippen LogP contribution is -2.54. The smallest absolute Gasteiger partial charge is 0.241 e. The number of sulfonamides is 1. The molecule has 1 atom stereocenters. The zero-order chi connectivity index (χ0) is 15.6. The van der Waals surface area contributed by atoms with Crippen molar-refractivity contribution in [1.29, 1.82) is 0 Å². The van der Waals surface area contributed by atoms with E-state index in [1.165, 1.54) is 10.6 Å².